The maximum Gasteiger partial charge on any atom is 0.149 e. The van der Waals surface area contributed by atoms with Crippen molar-refractivity contribution in [3.8, 4) is 0 Å². The number of nitrogens with one attached hydrogen (secondary N) is 1. The molecule has 4 heteroatoms. The third kappa shape index (κ3) is 2.93. The Kier molecular flexibility index (Phi) is 3.23. The highest BCUT2D eigenvalue weighted by Gasteiger charge is 2.01. The normalized spacial score (nSPS) is 10.2. The fraction of sp³-hybridized carbons (Fsp3) is 0.154. The summed E-state index contributed by atoms with van der Waals surface area (Å²) < 4.78 is 13.0. The van der Waals surface area contributed by atoms with Gasteiger partial charge in [0.05, 0.1) is 5.69 Å². The lowest BCUT2D eigenvalue weighted by Crippen LogP contribution is -2.05. The lowest BCUT2D eigenvalue weighted by atomic mass is 10.2. The van der Waals surface area contributed by atoms with Gasteiger partial charge in [0.2, 0.25) is 0 Å². The monoisotopic (exact) mass is 231 g/mol. The first kappa shape index (κ1) is 11.4. The van der Waals surface area contributed by atoms with Crippen molar-refractivity contribution in [1.29, 1.82) is 0 Å². The van der Waals surface area contributed by atoms with Crippen molar-refractivity contribution < 1.29 is 4.39 Å². The van der Waals surface area contributed by atoms with E-state index in [0.29, 0.717) is 18.1 Å². The smallest absolute Gasteiger partial charge is 0.149 e. The maximum absolute atomic E-state index is 13.0. The van der Waals surface area contributed by atoms with E-state index in [4.69, 9.17) is 5.73 Å². The number of rotatable bonds is 3. The summed E-state index contributed by atoms with van der Waals surface area (Å²) in [6.07, 6.45) is 0. The van der Waals surface area contributed by atoms with Crippen LogP contribution in [0, 0.1) is 12.7 Å². The first-order valence-corrected chi connectivity index (χ1v) is 5.36. The number of hydrogen-bond acceptors (Lipinski definition) is 3. The summed E-state index contributed by atoms with van der Waals surface area (Å²) in [7, 11) is 0. The zero-order valence-corrected chi connectivity index (χ0v) is 9.57. The zero-order valence-electron chi connectivity index (χ0n) is 9.57. The molecule has 3 N–H and O–H groups in total. The minimum atomic E-state index is -0.241. The van der Waals surface area contributed by atoms with E-state index in [0.717, 1.165) is 11.3 Å². The number of halogens is 1. The second-order valence-electron chi connectivity index (χ2n) is 3.87. The van der Waals surface area contributed by atoms with Crippen LogP contribution in [0.15, 0.2) is 36.4 Å². The van der Waals surface area contributed by atoms with Gasteiger partial charge in [0.1, 0.15) is 11.6 Å². The summed E-state index contributed by atoms with van der Waals surface area (Å²) in [6.45, 7) is 2.39. The van der Waals surface area contributed by atoms with Crippen molar-refractivity contribution in [1.82, 2.24) is 4.98 Å². The summed E-state index contributed by atoms with van der Waals surface area (Å²) in [5.41, 5.74) is 8.12. The molecule has 1 aromatic heterocycles. The highest BCUT2D eigenvalue weighted by atomic mass is 19.1. The molecule has 2 rings (SSSR count). The number of aromatic nitrogens is 1. The second-order valence-corrected chi connectivity index (χ2v) is 3.87. The summed E-state index contributed by atoms with van der Waals surface area (Å²) in [4.78, 5) is 4.28. The van der Waals surface area contributed by atoms with Crippen LogP contribution in [0.1, 0.15) is 11.3 Å². The molecule has 0 spiro atoms. The second kappa shape index (κ2) is 4.82. The Morgan fingerprint density at radius 1 is 1.29 bits per heavy atom. The highest BCUT2D eigenvalue weighted by molar-refractivity contribution is 5.61. The first-order valence-electron chi connectivity index (χ1n) is 5.36. The van der Waals surface area contributed by atoms with Crippen molar-refractivity contribution in [3.63, 3.8) is 0 Å². The molecule has 88 valence electrons. The van der Waals surface area contributed by atoms with E-state index in [1.807, 2.05) is 19.1 Å². The maximum atomic E-state index is 13.0. The van der Waals surface area contributed by atoms with Crippen LogP contribution in [0.4, 0.5) is 15.9 Å². The Morgan fingerprint density at radius 2 is 2.12 bits per heavy atom. The minimum Gasteiger partial charge on any atom is -0.396 e. The van der Waals surface area contributed by atoms with Crippen LogP contribution < -0.4 is 11.1 Å². The topological polar surface area (TPSA) is 50.9 Å². The number of nitrogens with zero attached hydrogens (tertiary/aromatic N) is 1. The van der Waals surface area contributed by atoms with Crippen molar-refractivity contribution in [2.24, 2.45) is 0 Å². The van der Waals surface area contributed by atoms with Gasteiger partial charge in [-0.15, -0.1) is 0 Å². The summed E-state index contributed by atoms with van der Waals surface area (Å²) in [5.74, 6) is 0.392. The van der Waals surface area contributed by atoms with Crippen molar-refractivity contribution in [3.05, 3.63) is 53.5 Å². The SMILES string of the molecule is Cc1ccc(N)c(NCc2cccc(F)c2)n1. The predicted octanol–water partition coefficient (Wildman–Crippen LogP) is 2.72. The molecule has 0 aliphatic heterocycles. The third-order valence-corrected chi connectivity index (χ3v) is 2.41. The summed E-state index contributed by atoms with van der Waals surface area (Å²) in [5, 5.41) is 3.09. The van der Waals surface area contributed by atoms with Gasteiger partial charge in [0.25, 0.3) is 0 Å². The zero-order chi connectivity index (χ0) is 12.3. The number of hydrogen-bond donors (Lipinski definition) is 2. The quantitative estimate of drug-likeness (QED) is 0.854. The molecule has 0 aliphatic rings. The van der Waals surface area contributed by atoms with Gasteiger partial charge in [0, 0.05) is 12.2 Å². The molecule has 0 saturated heterocycles. The third-order valence-electron chi connectivity index (χ3n) is 2.41. The van der Waals surface area contributed by atoms with E-state index in [2.05, 4.69) is 10.3 Å². The molecule has 0 atom stereocenters. The number of benzene rings is 1. The van der Waals surface area contributed by atoms with Crippen molar-refractivity contribution >= 4 is 11.5 Å². The largest absolute Gasteiger partial charge is 0.396 e. The van der Waals surface area contributed by atoms with Crippen LogP contribution in [0.5, 0.6) is 0 Å². The summed E-state index contributed by atoms with van der Waals surface area (Å²) >= 11 is 0. The van der Waals surface area contributed by atoms with Crippen LogP contribution in [0.2, 0.25) is 0 Å². The Hall–Kier alpha value is -2.10. The van der Waals surface area contributed by atoms with Gasteiger partial charge in [-0.3, -0.25) is 0 Å². The van der Waals surface area contributed by atoms with Gasteiger partial charge in [0.15, 0.2) is 0 Å². The fourth-order valence-electron chi connectivity index (χ4n) is 1.54. The van der Waals surface area contributed by atoms with Crippen molar-refractivity contribution in [2.75, 3.05) is 11.1 Å². The molecule has 0 amide bonds. The predicted molar refractivity (Wildman–Crippen MR) is 67.1 cm³/mol. The van der Waals surface area contributed by atoms with Gasteiger partial charge in [-0.1, -0.05) is 12.1 Å². The van der Waals surface area contributed by atoms with E-state index < -0.39 is 0 Å². The number of anilines is 2. The molecule has 1 heterocycles. The van der Waals surface area contributed by atoms with Gasteiger partial charge in [-0.05, 0) is 36.8 Å². The van der Waals surface area contributed by atoms with E-state index in [1.54, 1.807) is 12.1 Å². The van der Waals surface area contributed by atoms with Crippen LogP contribution in [0.3, 0.4) is 0 Å². The average molecular weight is 231 g/mol. The Bertz CT molecular complexity index is 526. The minimum absolute atomic E-state index is 0.241. The van der Waals surface area contributed by atoms with Crippen LogP contribution in [0.25, 0.3) is 0 Å². The Labute approximate surface area is 99.5 Å². The molecular weight excluding hydrogens is 217 g/mol. The Morgan fingerprint density at radius 3 is 2.88 bits per heavy atom. The Balaban J connectivity index is 2.09. The molecule has 0 saturated carbocycles. The molecule has 0 unspecified atom stereocenters. The number of aryl methyl sites for hydroxylation is 1. The first-order chi connectivity index (χ1) is 8.15. The van der Waals surface area contributed by atoms with E-state index in [-0.39, 0.29) is 5.82 Å². The van der Waals surface area contributed by atoms with Crippen molar-refractivity contribution in [2.45, 2.75) is 13.5 Å². The van der Waals surface area contributed by atoms with Crippen LogP contribution >= 0.6 is 0 Å². The lowest BCUT2D eigenvalue weighted by molar-refractivity contribution is 0.626. The average Bonchev–Trinajstić information content (AvgIpc) is 2.30. The van der Waals surface area contributed by atoms with Gasteiger partial charge >= 0.3 is 0 Å². The molecule has 0 fully saturated rings. The fourth-order valence-corrected chi connectivity index (χ4v) is 1.54. The van der Waals surface area contributed by atoms with Crippen LogP contribution in [-0.4, -0.2) is 4.98 Å². The van der Waals surface area contributed by atoms with Crippen LogP contribution in [-0.2, 0) is 6.54 Å². The highest BCUT2D eigenvalue weighted by Crippen LogP contribution is 2.16. The van der Waals surface area contributed by atoms with E-state index >= 15 is 0 Å². The molecule has 2 aromatic rings. The standard InChI is InChI=1S/C13H14FN3/c1-9-5-6-12(15)13(17-9)16-8-10-3-2-4-11(14)7-10/h2-7H,8,15H2,1H3,(H,16,17). The number of nitrogens with two attached hydrogens (primary N) is 1. The van der Waals surface area contributed by atoms with Gasteiger partial charge in [-0.25, -0.2) is 9.37 Å². The van der Waals surface area contributed by atoms with E-state index in [9.17, 15) is 4.39 Å². The van der Waals surface area contributed by atoms with Gasteiger partial charge in [-0.2, -0.15) is 0 Å². The molecule has 17 heavy (non-hydrogen) atoms. The molecule has 0 radical (unpaired) electrons. The summed E-state index contributed by atoms with van der Waals surface area (Å²) in [6, 6.07) is 10.1. The van der Waals surface area contributed by atoms with Gasteiger partial charge < -0.3 is 11.1 Å². The lowest BCUT2D eigenvalue weighted by Gasteiger charge is -2.09. The molecule has 1 aromatic carbocycles. The molecule has 0 aliphatic carbocycles. The molecular formula is C13H14FN3. The molecule has 3 nitrogen and oxygen atoms in total. The van der Waals surface area contributed by atoms with E-state index in [1.165, 1.54) is 12.1 Å². The molecule has 0 bridgehead atoms. The number of pyridine rings is 1. The number of nitrogen functional groups attached to an aromatic ring is 1.